The second-order valence-electron chi connectivity index (χ2n) is 7.88. The van der Waals surface area contributed by atoms with Crippen LogP contribution in [0.25, 0.3) is 21.8 Å². The summed E-state index contributed by atoms with van der Waals surface area (Å²) in [6, 6.07) is 14.7. The van der Waals surface area contributed by atoms with Crippen molar-refractivity contribution in [3.8, 4) is 0 Å². The minimum Gasteiger partial charge on any atom is -0.412 e. The van der Waals surface area contributed by atoms with Crippen molar-refractivity contribution in [1.29, 1.82) is 0 Å². The zero-order chi connectivity index (χ0) is 23.8. The van der Waals surface area contributed by atoms with Gasteiger partial charge in [-0.05, 0) is 62.6 Å². The summed E-state index contributed by atoms with van der Waals surface area (Å²) in [5.41, 5.74) is 11.6. The average molecular weight is 580 g/mol. The van der Waals surface area contributed by atoms with Crippen molar-refractivity contribution in [2.75, 3.05) is 22.6 Å². The van der Waals surface area contributed by atoms with E-state index >= 15 is 0 Å². The fraction of sp³-hybridized carbons (Fsp3) is 0.125. The first-order chi connectivity index (χ1) is 16.4. The molecule has 0 unspecified atom stereocenters. The molecule has 9 N–H and O–H groups in total. The second kappa shape index (κ2) is 13.2. The number of anilines is 5. The highest BCUT2D eigenvalue weighted by Crippen LogP contribution is 2.26. The lowest BCUT2D eigenvalue weighted by Gasteiger charge is -2.11. The van der Waals surface area contributed by atoms with E-state index in [1.54, 1.807) is 12.1 Å². The highest BCUT2D eigenvalue weighted by atomic mass is 35.5. The largest absolute Gasteiger partial charge is 0.412 e. The Hall–Kier alpha value is -3.68. The van der Waals surface area contributed by atoms with E-state index in [-0.39, 0.29) is 41.2 Å². The van der Waals surface area contributed by atoms with Gasteiger partial charge in [-0.2, -0.15) is 15.0 Å². The van der Waals surface area contributed by atoms with Crippen molar-refractivity contribution in [3.63, 3.8) is 0 Å². The molecule has 0 amide bonds. The van der Waals surface area contributed by atoms with Crippen LogP contribution >= 0.6 is 36.6 Å². The number of aromatic amines is 1. The predicted molar refractivity (Wildman–Crippen MR) is 160 cm³/mol. The number of rotatable bonds is 5. The number of thioether (sulfide) groups is 1. The molecule has 0 aliphatic rings. The molecular formula is C24H28Cl2N8O3S. The molecule has 5 rings (SSSR count). The van der Waals surface area contributed by atoms with Crippen molar-refractivity contribution in [3.05, 3.63) is 70.1 Å². The third-order valence-electron chi connectivity index (χ3n) is 5.24. The third-order valence-corrected chi connectivity index (χ3v) is 5.79. The number of halogens is 2. The van der Waals surface area contributed by atoms with Crippen molar-refractivity contribution < 1.29 is 11.0 Å². The number of aromatic nitrogens is 5. The summed E-state index contributed by atoms with van der Waals surface area (Å²) in [5, 5.41) is 8.40. The Balaban J connectivity index is 0.00000180. The van der Waals surface area contributed by atoms with Crippen molar-refractivity contribution in [2.45, 2.75) is 19.0 Å². The number of pyridine rings is 2. The van der Waals surface area contributed by atoms with Crippen LogP contribution in [-0.4, -0.2) is 42.1 Å². The molecule has 0 saturated heterocycles. The van der Waals surface area contributed by atoms with Gasteiger partial charge in [-0.3, -0.25) is 9.78 Å². The number of nitrogen functional groups attached to an aromatic ring is 1. The molecule has 11 nitrogen and oxygen atoms in total. The number of hydrogen-bond acceptors (Lipinski definition) is 9. The van der Waals surface area contributed by atoms with E-state index < -0.39 is 0 Å². The number of benzene rings is 2. The summed E-state index contributed by atoms with van der Waals surface area (Å²) in [6.45, 7) is 3.77. The highest BCUT2D eigenvalue weighted by Gasteiger charge is 2.10. The first-order valence-corrected chi connectivity index (χ1v) is 11.7. The zero-order valence-corrected chi connectivity index (χ0v) is 23.1. The smallest absolute Gasteiger partial charge is 0.233 e. The fourth-order valence-electron chi connectivity index (χ4n) is 3.74. The van der Waals surface area contributed by atoms with Crippen molar-refractivity contribution in [1.82, 2.24) is 24.9 Å². The Morgan fingerprint density at radius 2 is 1.42 bits per heavy atom. The number of nitrogens with one attached hydrogen (secondary N) is 3. The Morgan fingerprint density at radius 3 is 2.05 bits per heavy atom. The monoisotopic (exact) mass is 578 g/mol. The zero-order valence-electron chi connectivity index (χ0n) is 20.6. The van der Waals surface area contributed by atoms with E-state index in [9.17, 15) is 4.79 Å². The van der Waals surface area contributed by atoms with Crippen LogP contribution in [0.15, 0.2) is 58.5 Å². The number of fused-ring (bicyclic) bond motifs is 2. The lowest BCUT2D eigenvalue weighted by Crippen LogP contribution is -2.06. The molecule has 3 aromatic heterocycles. The number of hydrogen-bond donors (Lipinski definition) is 4. The first kappa shape index (κ1) is 32.3. The van der Waals surface area contributed by atoms with Gasteiger partial charge in [0.05, 0.1) is 5.52 Å². The van der Waals surface area contributed by atoms with Crippen LogP contribution in [0.1, 0.15) is 11.4 Å². The number of nitrogens with two attached hydrogens (primary N) is 1. The van der Waals surface area contributed by atoms with Gasteiger partial charge in [0.1, 0.15) is 0 Å². The summed E-state index contributed by atoms with van der Waals surface area (Å²) in [6.07, 6.45) is 1.89. The molecule has 0 fully saturated rings. The molecular weight excluding hydrogens is 551 g/mol. The van der Waals surface area contributed by atoms with Gasteiger partial charge in [0.2, 0.25) is 11.9 Å². The van der Waals surface area contributed by atoms with Gasteiger partial charge < -0.3 is 32.3 Å². The molecule has 2 aromatic carbocycles. The molecule has 5 aromatic rings. The van der Waals surface area contributed by atoms with Gasteiger partial charge in [-0.1, -0.05) is 11.8 Å². The summed E-state index contributed by atoms with van der Waals surface area (Å²) in [5.74, 6) is 0.747. The molecule has 0 aliphatic heterocycles. The molecule has 0 atom stereocenters. The number of nitrogens with zero attached hydrogens (tertiary/aromatic N) is 4. The van der Waals surface area contributed by atoms with Crippen LogP contribution in [0, 0.1) is 13.8 Å². The van der Waals surface area contributed by atoms with Crippen molar-refractivity contribution in [2.24, 2.45) is 0 Å². The molecule has 3 heterocycles. The molecule has 38 heavy (non-hydrogen) atoms. The Morgan fingerprint density at radius 1 is 0.816 bits per heavy atom. The maximum atomic E-state index is 12.4. The summed E-state index contributed by atoms with van der Waals surface area (Å²) in [4.78, 5) is 33.5. The first-order valence-electron chi connectivity index (χ1n) is 10.5. The van der Waals surface area contributed by atoms with Gasteiger partial charge in [0.25, 0.3) is 0 Å². The molecule has 14 heteroatoms. The minimum atomic E-state index is -0.0436. The average Bonchev–Trinajstić information content (AvgIpc) is 2.79. The van der Waals surface area contributed by atoms with Gasteiger partial charge in [0, 0.05) is 50.8 Å². The van der Waals surface area contributed by atoms with E-state index in [0.717, 1.165) is 33.5 Å². The van der Waals surface area contributed by atoms with E-state index in [0.29, 0.717) is 33.8 Å². The molecule has 0 radical (unpaired) electrons. The van der Waals surface area contributed by atoms with Crippen LogP contribution in [0.2, 0.25) is 0 Å². The standard InChI is InChI=1S/C24H22N8OS.2ClH.2H2O/c1-12-8-18(25)16-10-14(4-6-19(16)26-12)28-22-30-23(32-24(31-22)34-3)29-15-5-7-20-17(11-15)21(33)9-13(2)27-20;;;;/h4-11H,1-3H3,(H2,25,26)(H,27,33)(H2,28,29,30,31,32);2*1H;2*1H2. The van der Waals surface area contributed by atoms with Gasteiger partial charge >= 0.3 is 0 Å². The topological polar surface area (TPSA) is 198 Å². The van der Waals surface area contributed by atoms with Crippen LogP contribution in [0.5, 0.6) is 0 Å². The SMILES string of the molecule is CSc1nc(Nc2ccc3nc(C)cc(N)c3c2)nc(Nc2ccc3[nH]c(C)cc(=O)c3c2)n1.Cl.Cl.O.O. The Bertz CT molecular complexity index is 1630. The maximum Gasteiger partial charge on any atom is 0.233 e. The van der Waals surface area contributed by atoms with Crippen LogP contribution in [-0.2, 0) is 0 Å². The van der Waals surface area contributed by atoms with Crippen LogP contribution < -0.4 is 21.8 Å². The van der Waals surface area contributed by atoms with E-state index in [1.165, 1.54) is 11.8 Å². The second-order valence-corrected chi connectivity index (χ2v) is 8.65. The lowest BCUT2D eigenvalue weighted by molar-refractivity contribution is 0.823. The normalized spacial score (nSPS) is 9.97. The molecule has 0 bridgehead atoms. The Kier molecular flexibility index (Phi) is 11.3. The van der Waals surface area contributed by atoms with Crippen molar-refractivity contribution >= 4 is 87.3 Å². The minimum absolute atomic E-state index is 0. The quantitative estimate of drug-likeness (QED) is 0.223. The van der Waals surface area contributed by atoms with Gasteiger partial charge in [0.15, 0.2) is 10.6 Å². The molecule has 0 saturated carbocycles. The third kappa shape index (κ3) is 6.79. The fourth-order valence-corrected chi connectivity index (χ4v) is 4.10. The van der Waals surface area contributed by atoms with Gasteiger partial charge in [-0.25, -0.2) is 0 Å². The van der Waals surface area contributed by atoms with Crippen LogP contribution in [0.3, 0.4) is 0 Å². The summed E-state index contributed by atoms with van der Waals surface area (Å²) in [7, 11) is 0. The number of H-pyrrole nitrogens is 1. The maximum absolute atomic E-state index is 12.4. The van der Waals surface area contributed by atoms with E-state index in [1.807, 2.05) is 56.5 Å². The summed E-state index contributed by atoms with van der Waals surface area (Å²) >= 11 is 1.40. The molecule has 202 valence electrons. The Labute approximate surface area is 234 Å². The molecule has 0 aliphatic carbocycles. The summed E-state index contributed by atoms with van der Waals surface area (Å²) < 4.78 is 0. The lowest BCUT2D eigenvalue weighted by atomic mass is 10.1. The molecule has 0 spiro atoms. The van der Waals surface area contributed by atoms with E-state index in [4.69, 9.17) is 5.73 Å². The highest BCUT2D eigenvalue weighted by molar-refractivity contribution is 7.98. The number of aryl methyl sites for hydroxylation is 2. The predicted octanol–water partition coefficient (Wildman–Crippen LogP) is 3.86. The van der Waals surface area contributed by atoms with Gasteiger partial charge in [-0.15, -0.1) is 24.8 Å². The van der Waals surface area contributed by atoms with Crippen LogP contribution in [0.4, 0.5) is 29.0 Å². The van der Waals surface area contributed by atoms with E-state index in [2.05, 4.69) is 35.6 Å².